The van der Waals surface area contributed by atoms with Crippen LogP contribution < -0.4 is 10.2 Å². The number of hydrogen-bond acceptors (Lipinski definition) is 5. The van der Waals surface area contributed by atoms with Crippen LogP contribution in [0.2, 0.25) is 0 Å². The summed E-state index contributed by atoms with van der Waals surface area (Å²) in [4.78, 5) is 20.5. The van der Waals surface area contributed by atoms with Crippen molar-refractivity contribution in [2.24, 2.45) is 0 Å². The summed E-state index contributed by atoms with van der Waals surface area (Å²) in [6, 6.07) is 15.7. The molecule has 150 valence electrons. The highest BCUT2D eigenvalue weighted by atomic mass is 19.1. The standard InChI is InChI=1S/C22H23FN4O2/c23-18-6-2-4-8-20(18)27-13-11-26(12-14-27)10-9-24-21-15-17(22(28)29)16-5-1-3-7-19(16)25-21/h1-8,15H,9-14H2,(H,24,25)(H,28,29). The van der Waals surface area contributed by atoms with Crippen molar-refractivity contribution < 1.29 is 14.3 Å². The van der Waals surface area contributed by atoms with Gasteiger partial charge in [0, 0.05) is 44.7 Å². The smallest absolute Gasteiger partial charge is 0.336 e. The van der Waals surface area contributed by atoms with Gasteiger partial charge >= 0.3 is 5.97 Å². The van der Waals surface area contributed by atoms with Crippen molar-refractivity contribution in [3.05, 3.63) is 66.0 Å². The number of rotatable bonds is 6. The van der Waals surface area contributed by atoms with Crippen LogP contribution in [0.25, 0.3) is 10.9 Å². The third-order valence-corrected chi connectivity index (χ3v) is 5.25. The molecule has 3 aromatic rings. The monoisotopic (exact) mass is 394 g/mol. The highest BCUT2D eigenvalue weighted by Gasteiger charge is 2.19. The van der Waals surface area contributed by atoms with E-state index in [0.29, 0.717) is 29.0 Å². The lowest BCUT2D eigenvalue weighted by Gasteiger charge is -2.36. The van der Waals surface area contributed by atoms with Crippen LogP contribution in [0.15, 0.2) is 54.6 Å². The van der Waals surface area contributed by atoms with Crippen molar-refractivity contribution >= 4 is 28.4 Å². The number of halogens is 1. The molecule has 6 nitrogen and oxygen atoms in total. The number of anilines is 2. The predicted molar refractivity (Wildman–Crippen MR) is 112 cm³/mol. The fraction of sp³-hybridized carbons (Fsp3) is 0.273. The Morgan fingerprint density at radius 1 is 1.07 bits per heavy atom. The third-order valence-electron chi connectivity index (χ3n) is 5.25. The van der Waals surface area contributed by atoms with Crippen molar-refractivity contribution in [1.82, 2.24) is 9.88 Å². The lowest BCUT2D eigenvalue weighted by molar-refractivity contribution is 0.0699. The second-order valence-corrected chi connectivity index (χ2v) is 7.08. The molecule has 1 fully saturated rings. The molecule has 29 heavy (non-hydrogen) atoms. The first kappa shape index (κ1) is 19.1. The third kappa shape index (κ3) is 4.30. The number of para-hydroxylation sites is 2. The molecule has 0 bridgehead atoms. The van der Waals surface area contributed by atoms with Crippen molar-refractivity contribution in [3.63, 3.8) is 0 Å². The Kier molecular flexibility index (Phi) is 5.57. The second kappa shape index (κ2) is 8.45. The minimum Gasteiger partial charge on any atom is -0.478 e. The van der Waals surface area contributed by atoms with Crippen LogP contribution in [-0.2, 0) is 0 Å². The van der Waals surface area contributed by atoms with E-state index in [-0.39, 0.29) is 11.4 Å². The Morgan fingerprint density at radius 3 is 2.55 bits per heavy atom. The molecule has 0 aliphatic carbocycles. The fourth-order valence-electron chi connectivity index (χ4n) is 3.71. The molecule has 2 heterocycles. The van der Waals surface area contributed by atoms with E-state index in [1.54, 1.807) is 18.2 Å². The number of carbonyl (C=O) groups is 1. The van der Waals surface area contributed by atoms with Gasteiger partial charge in [0.15, 0.2) is 0 Å². The molecule has 2 N–H and O–H groups in total. The molecule has 0 spiro atoms. The SMILES string of the molecule is O=C(O)c1cc(NCCN2CCN(c3ccccc3F)CC2)nc2ccccc12. The number of hydrogen-bond donors (Lipinski definition) is 2. The average Bonchev–Trinajstić information content (AvgIpc) is 2.74. The van der Waals surface area contributed by atoms with Crippen molar-refractivity contribution in [3.8, 4) is 0 Å². The largest absolute Gasteiger partial charge is 0.478 e. The number of fused-ring (bicyclic) bond motifs is 1. The zero-order valence-electron chi connectivity index (χ0n) is 16.0. The maximum atomic E-state index is 13.9. The van der Waals surface area contributed by atoms with Gasteiger partial charge in [-0.2, -0.15) is 0 Å². The molecule has 2 aromatic carbocycles. The Morgan fingerprint density at radius 2 is 1.79 bits per heavy atom. The number of benzene rings is 2. The zero-order valence-corrected chi connectivity index (χ0v) is 16.0. The summed E-state index contributed by atoms with van der Waals surface area (Å²) in [5, 5.41) is 13.4. The van der Waals surface area contributed by atoms with E-state index in [1.807, 2.05) is 30.3 Å². The van der Waals surface area contributed by atoms with Crippen molar-refractivity contribution in [2.45, 2.75) is 0 Å². The van der Waals surface area contributed by atoms with Gasteiger partial charge in [0.1, 0.15) is 11.6 Å². The summed E-state index contributed by atoms with van der Waals surface area (Å²) < 4.78 is 13.9. The molecule has 0 atom stereocenters. The number of nitrogens with one attached hydrogen (secondary N) is 1. The molecule has 1 aromatic heterocycles. The quantitative estimate of drug-likeness (QED) is 0.669. The molecule has 0 amide bonds. The van der Waals surface area contributed by atoms with Gasteiger partial charge in [-0.05, 0) is 24.3 Å². The summed E-state index contributed by atoms with van der Waals surface area (Å²) in [7, 11) is 0. The van der Waals surface area contributed by atoms with Crippen LogP contribution in [0.1, 0.15) is 10.4 Å². The number of piperazine rings is 1. The van der Waals surface area contributed by atoms with Gasteiger partial charge in [-0.1, -0.05) is 30.3 Å². The lowest BCUT2D eigenvalue weighted by atomic mass is 10.1. The normalized spacial score (nSPS) is 14.9. The van der Waals surface area contributed by atoms with Gasteiger partial charge in [-0.3, -0.25) is 4.90 Å². The van der Waals surface area contributed by atoms with Crippen LogP contribution in [-0.4, -0.2) is 60.2 Å². The summed E-state index contributed by atoms with van der Waals surface area (Å²) in [5.41, 5.74) is 1.57. The van der Waals surface area contributed by atoms with Crippen LogP contribution in [0.3, 0.4) is 0 Å². The molecule has 1 aliphatic heterocycles. The number of aromatic carboxylic acids is 1. The molecular formula is C22H23FN4O2. The van der Waals surface area contributed by atoms with E-state index in [2.05, 4.69) is 20.1 Å². The topological polar surface area (TPSA) is 68.7 Å². The Labute approximate surface area is 168 Å². The van der Waals surface area contributed by atoms with Gasteiger partial charge in [0.05, 0.1) is 16.8 Å². The van der Waals surface area contributed by atoms with Gasteiger partial charge < -0.3 is 15.3 Å². The number of nitrogens with zero attached hydrogens (tertiary/aromatic N) is 3. The van der Waals surface area contributed by atoms with Crippen molar-refractivity contribution in [2.75, 3.05) is 49.5 Å². The molecule has 7 heteroatoms. The van der Waals surface area contributed by atoms with E-state index in [0.717, 1.165) is 32.7 Å². The predicted octanol–water partition coefficient (Wildman–Crippen LogP) is 3.31. The van der Waals surface area contributed by atoms with E-state index in [4.69, 9.17) is 0 Å². The molecule has 0 unspecified atom stereocenters. The first-order valence-corrected chi connectivity index (χ1v) is 9.70. The first-order valence-electron chi connectivity index (χ1n) is 9.70. The molecule has 0 radical (unpaired) electrons. The molecule has 1 saturated heterocycles. The summed E-state index contributed by atoms with van der Waals surface area (Å²) in [6.45, 7) is 4.71. The molecule has 1 aliphatic rings. The van der Waals surface area contributed by atoms with Crippen LogP contribution in [0.5, 0.6) is 0 Å². The molecule has 4 rings (SSSR count). The Hall–Kier alpha value is -3.19. The molecular weight excluding hydrogens is 371 g/mol. The van der Waals surface area contributed by atoms with Gasteiger partial charge in [-0.25, -0.2) is 14.2 Å². The Balaban J connectivity index is 1.33. The van der Waals surface area contributed by atoms with Gasteiger partial charge in [-0.15, -0.1) is 0 Å². The summed E-state index contributed by atoms with van der Waals surface area (Å²) >= 11 is 0. The van der Waals surface area contributed by atoms with Crippen LogP contribution >= 0.6 is 0 Å². The maximum Gasteiger partial charge on any atom is 0.336 e. The van der Waals surface area contributed by atoms with Gasteiger partial charge in [0.25, 0.3) is 0 Å². The average molecular weight is 394 g/mol. The van der Waals surface area contributed by atoms with E-state index < -0.39 is 5.97 Å². The summed E-state index contributed by atoms with van der Waals surface area (Å²) in [5.74, 6) is -0.582. The number of aromatic nitrogens is 1. The number of carboxylic acids is 1. The second-order valence-electron chi connectivity index (χ2n) is 7.08. The van der Waals surface area contributed by atoms with E-state index >= 15 is 0 Å². The molecule has 0 saturated carbocycles. The first-order chi connectivity index (χ1) is 14.1. The van der Waals surface area contributed by atoms with Gasteiger partial charge in [0.2, 0.25) is 0 Å². The minimum absolute atomic E-state index is 0.181. The minimum atomic E-state index is -0.962. The zero-order chi connectivity index (χ0) is 20.2. The fourth-order valence-corrected chi connectivity index (χ4v) is 3.71. The van der Waals surface area contributed by atoms with Crippen molar-refractivity contribution in [1.29, 1.82) is 0 Å². The van der Waals surface area contributed by atoms with Crippen LogP contribution in [0, 0.1) is 5.82 Å². The number of carboxylic acid groups (broad SMARTS) is 1. The maximum absolute atomic E-state index is 13.9. The summed E-state index contributed by atoms with van der Waals surface area (Å²) in [6.07, 6.45) is 0. The lowest BCUT2D eigenvalue weighted by Crippen LogP contribution is -2.47. The highest BCUT2D eigenvalue weighted by molar-refractivity contribution is 6.03. The van der Waals surface area contributed by atoms with E-state index in [1.165, 1.54) is 6.07 Å². The van der Waals surface area contributed by atoms with Crippen LogP contribution in [0.4, 0.5) is 15.9 Å². The van der Waals surface area contributed by atoms with E-state index in [9.17, 15) is 14.3 Å². The Bertz CT molecular complexity index is 1020. The number of pyridine rings is 1. The highest BCUT2D eigenvalue weighted by Crippen LogP contribution is 2.21.